The van der Waals surface area contributed by atoms with Crippen LogP contribution in [0.15, 0.2) is 90.0 Å². The molecule has 3 aromatic carbocycles. The highest BCUT2D eigenvalue weighted by atomic mass is 32.2. The maximum Gasteiger partial charge on any atom is 0.264 e. The molecule has 172 valence electrons. The fourth-order valence-corrected chi connectivity index (χ4v) is 4.38. The van der Waals surface area contributed by atoms with Crippen LogP contribution in [0, 0.1) is 5.82 Å². The van der Waals surface area contributed by atoms with E-state index in [0.717, 1.165) is 0 Å². The van der Waals surface area contributed by atoms with E-state index in [2.05, 4.69) is 5.32 Å². The third-order valence-electron chi connectivity index (χ3n) is 5.20. The van der Waals surface area contributed by atoms with Crippen LogP contribution in [-0.2, 0) is 14.8 Å². The predicted octanol–water partition coefficient (Wildman–Crippen LogP) is 4.59. The molecule has 0 bridgehead atoms. The molecule has 2 amide bonds. The van der Waals surface area contributed by atoms with Crippen LogP contribution in [0.1, 0.15) is 26.2 Å². The Morgan fingerprint density at radius 1 is 0.939 bits per heavy atom. The van der Waals surface area contributed by atoms with E-state index in [0.29, 0.717) is 16.6 Å². The molecule has 0 radical (unpaired) electrons. The molecule has 0 unspecified atom stereocenters. The second-order valence-electron chi connectivity index (χ2n) is 7.39. The smallest absolute Gasteiger partial charge is 0.264 e. The first kappa shape index (κ1) is 22.2. The topological polar surface area (TPSA) is 97.3 Å². The Labute approximate surface area is 192 Å². The van der Waals surface area contributed by atoms with E-state index < -0.39 is 22.0 Å². The van der Waals surface area contributed by atoms with Gasteiger partial charge in [0.05, 0.1) is 10.4 Å². The lowest BCUT2D eigenvalue weighted by atomic mass is 10.2. The number of anilines is 1. The Bertz CT molecular complexity index is 1440. The lowest BCUT2D eigenvalue weighted by Crippen LogP contribution is -2.30. The summed E-state index contributed by atoms with van der Waals surface area (Å²) in [5, 5.41) is 3.14. The number of hydrogen-bond acceptors (Lipinski definition) is 4. The van der Waals surface area contributed by atoms with Crippen LogP contribution in [0.4, 0.5) is 10.1 Å². The number of nitrogens with zero attached hydrogens (tertiary/aromatic N) is 1. The third kappa shape index (κ3) is 4.63. The first-order chi connectivity index (χ1) is 15.8. The van der Waals surface area contributed by atoms with Gasteiger partial charge in [0.15, 0.2) is 0 Å². The second-order valence-corrected chi connectivity index (χ2v) is 9.07. The van der Waals surface area contributed by atoms with Crippen LogP contribution in [0.2, 0.25) is 0 Å². The zero-order valence-electron chi connectivity index (χ0n) is 17.5. The van der Waals surface area contributed by atoms with Gasteiger partial charge in [-0.25, -0.2) is 17.5 Å². The third-order valence-corrected chi connectivity index (χ3v) is 6.55. The van der Waals surface area contributed by atoms with Crippen molar-refractivity contribution in [2.24, 2.45) is 0 Å². The van der Waals surface area contributed by atoms with Crippen LogP contribution in [0.25, 0.3) is 10.9 Å². The molecule has 1 heterocycles. The van der Waals surface area contributed by atoms with Gasteiger partial charge in [-0.15, -0.1) is 0 Å². The van der Waals surface area contributed by atoms with E-state index in [1.807, 2.05) is 4.72 Å². The van der Waals surface area contributed by atoms with Crippen LogP contribution < -0.4 is 10.0 Å². The summed E-state index contributed by atoms with van der Waals surface area (Å²) in [6.07, 6.45) is 1.64. The molecule has 0 aliphatic rings. The number of amides is 2. The first-order valence-electron chi connectivity index (χ1n) is 10.0. The van der Waals surface area contributed by atoms with Crippen molar-refractivity contribution in [1.29, 1.82) is 0 Å². The average molecular weight is 470 g/mol. The van der Waals surface area contributed by atoms with Gasteiger partial charge in [-0.05, 0) is 61.5 Å². The molecule has 0 aliphatic heterocycles. The second kappa shape index (κ2) is 8.87. The van der Waals surface area contributed by atoms with Gasteiger partial charge < -0.3 is 9.88 Å². The zero-order valence-corrected chi connectivity index (χ0v) is 18.3. The molecule has 1 aromatic heterocycles. The van der Waals surface area contributed by atoms with Crippen LogP contribution >= 0.6 is 0 Å². The highest BCUT2D eigenvalue weighted by molar-refractivity contribution is 7.90. The summed E-state index contributed by atoms with van der Waals surface area (Å²) in [6, 6.07) is 19.1. The summed E-state index contributed by atoms with van der Waals surface area (Å²) in [5.74, 6) is -1.46. The predicted molar refractivity (Wildman–Crippen MR) is 127 cm³/mol. The minimum Gasteiger partial charge on any atom is -0.335 e. The Morgan fingerprint density at radius 2 is 1.64 bits per heavy atom. The van der Waals surface area contributed by atoms with Crippen molar-refractivity contribution >= 4 is 38.4 Å². The van der Waals surface area contributed by atoms with Crippen LogP contribution in [-0.4, -0.2) is 24.8 Å². The molecule has 4 aromatic rings. The van der Waals surface area contributed by atoms with Crippen molar-refractivity contribution in [3.8, 4) is 0 Å². The summed E-state index contributed by atoms with van der Waals surface area (Å²) in [6.45, 7) is 1.68. The van der Waals surface area contributed by atoms with Crippen molar-refractivity contribution in [2.75, 3.05) is 5.32 Å². The van der Waals surface area contributed by atoms with Crippen molar-refractivity contribution < 1.29 is 25.3 Å². The standard InChI is InChI=1S/C24H20FN3O4S.2H2/c1-16(28-15-14-20-21(25)8-5-9-22(20)28)23(29)26-18-10-12-19(13-11-18)33(31,32)27-24(30)17-6-3-2-4-7-17;;/h2-16H,1H3,(H,26,29)(H,27,30);2*1H/t16-;;/m1../s1. The van der Waals surface area contributed by atoms with Gasteiger partial charge in [-0.1, -0.05) is 24.3 Å². The van der Waals surface area contributed by atoms with E-state index >= 15 is 0 Å². The largest absolute Gasteiger partial charge is 0.335 e. The molecule has 0 aliphatic carbocycles. The maximum absolute atomic E-state index is 13.9. The van der Waals surface area contributed by atoms with Gasteiger partial charge >= 0.3 is 0 Å². The van der Waals surface area contributed by atoms with Crippen LogP contribution in [0.3, 0.4) is 0 Å². The van der Waals surface area contributed by atoms with Gasteiger partial charge in [-0.3, -0.25) is 9.59 Å². The molecule has 0 spiro atoms. The van der Waals surface area contributed by atoms with Crippen LogP contribution in [0.5, 0.6) is 0 Å². The minimum atomic E-state index is -4.08. The molecule has 2 N–H and O–H groups in total. The monoisotopic (exact) mass is 469 g/mol. The van der Waals surface area contributed by atoms with E-state index in [1.165, 1.54) is 42.5 Å². The van der Waals surface area contributed by atoms with Crippen molar-refractivity contribution in [1.82, 2.24) is 9.29 Å². The average Bonchev–Trinajstić information content (AvgIpc) is 3.24. The normalized spacial score (nSPS) is 12.3. The van der Waals surface area contributed by atoms with E-state index in [9.17, 15) is 22.4 Å². The molecule has 4 rings (SSSR count). The number of benzene rings is 3. The number of fused-ring (bicyclic) bond motifs is 1. The quantitative estimate of drug-likeness (QED) is 0.432. The number of nitrogens with one attached hydrogen (secondary N) is 2. The SMILES string of the molecule is C[C@H](C(=O)Nc1ccc(S(=O)(=O)NC(=O)c2ccccc2)cc1)n1ccc2c(F)cccc21.[HH].[HH]. The van der Waals surface area contributed by atoms with E-state index in [-0.39, 0.29) is 25.0 Å². The van der Waals surface area contributed by atoms with E-state index in [1.54, 1.807) is 54.1 Å². The van der Waals surface area contributed by atoms with Gasteiger partial charge in [0.25, 0.3) is 15.9 Å². The molecule has 1 atom stereocenters. The molecule has 33 heavy (non-hydrogen) atoms. The van der Waals surface area contributed by atoms with Gasteiger partial charge in [0.2, 0.25) is 5.91 Å². The summed E-state index contributed by atoms with van der Waals surface area (Å²) < 4.78 is 42.6. The fraction of sp³-hybridized carbons (Fsp3) is 0.0833. The molecule has 9 heteroatoms. The van der Waals surface area contributed by atoms with Crippen molar-refractivity contribution in [3.63, 3.8) is 0 Å². The number of carbonyl (C=O) groups excluding carboxylic acids is 2. The number of sulfonamides is 1. The molecule has 0 saturated heterocycles. The van der Waals surface area contributed by atoms with Gasteiger partial charge in [-0.2, -0.15) is 0 Å². The number of carbonyl (C=O) groups is 2. The molecule has 0 saturated carbocycles. The summed E-state index contributed by atoms with van der Waals surface area (Å²) in [7, 11) is -4.08. The molecular formula is C24H24FN3O4S. The highest BCUT2D eigenvalue weighted by Gasteiger charge is 2.20. The minimum absolute atomic E-state index is 0. The van der Waals surface area contributed by atoms with E-state index in [4.69, 9.17) is 0 Å². The Morgan fingerprint density at radius 3 is 2.33 bits per heavy atom. The Hall–Kier alpha value is -3.98. The Kier molecular flexibility index (Phi) is 5.97. The van der Waals surface area contributed by atoms with Crippen molar-refractivity contribution in [3.05, 3.63) is 96.4 Å². The summed E-state index contributed by atoms with van der Waals surface area (Å²) in [5.41, 5.74) is 1.19. The maximum atomic E-state index is 13.9. The molecular weight excluding hydrogens is 445 g/mol. The number of hydrogen-bond donors (Lipinski definition) is 2. The first-order valence-corrected chi connectivity index (χ1v) is 11.5. The van der Waals surface area contributed by atoms with Crippen molar-refractivity contribution in [2.45, 2.75) is 17.9 Å². The summed E-state index contributed by atoms with van der Waals surface area (Å²) >= 11 is 0. The number of halogens is 1. The number of aromatic nitrogens is 1. The lowest BCUT2D eigenvalue weighted by Gasteiger charge is -2.16. The fourth-order valence-electron chi connectivity index (χ4n) is 3.41. The lowest BCUT2D eigenvalue weighted by molar-refractivity contribution is -0.118. The summed E-state index contributed by atoms with van der Waals surface area (Å²) in [4.78, 5) is 24.8. The van der Waals surface area contributed by atoms with Gasteiger partial charge in [0, 0.05) is 25.7 Å². The zero-order chi connectivity index (χ0) is 23.6. The highest BCUT2D eigenvalue weighted by Crippen LogP contribution is 2.24. The number of rotatable bonds is 6. The Balaban J connectivity index is 0.00000216. The molecule has 7 nitrogen and oxygen atoms in total. The molecule has 0 fully saturated rings. The van der Waals surface area contributed by atoms with Gasteiger partial charge in [0.1, 0.15) is 11.9 Å².